The van der Waals surface area contributed by atoms with Crippen LogP contribution in [0.25, 0.3) is 11.5 Å². The molecule has 3 heterocycles. The highest BCUT2D eigenvalue weighted by molar-refractivity contribution is 7.80. The predicted molar refractivity (Wildman–Crippen MR) is 142 cm³/mol. The number of hydrogen-bond acceptors (Lipinski definition) is 6. The molecule has 0 unspecified atom stereocenters. The van der Waals surface area contributed by atoms with Crippen molar-refractivity contribution in [1.29, 1.82) is 0 Å². The quantitative estimate of drug-likeness (QED) is 0.265. The van der Waals surface area contributed by atoms with Crippen molar-refractivity contribution in [2.75, 3.05) is 31.1 Å². The van der Waals surface area contributed by atoms with Crippen LogP contribution in [0.2, 0.25) is 0 Å². The molecular formula is C27H26F5N5O3S. The van der Waals surface area contributed by atoms with E-state index in [0.717, 1.165) is 18.2 Å². The Balaban J connectivity index is 1.31. The number of carbonyl (C=O) groups is 1. The van der Waals surface area contributed by atoms with Gasteiger partial charge in [-0.25, -0.2) is 18.0 Å². The smallest absolute Gasteiger partial charge is 0.410 e. The molecule has 8 nitrogen and oxygen atoms in total. The van der Waals surface area contributed by atoms with Crippen LogP contribution in [0.5, 0.6) is 0 Å². The summed E-state index contributed by atoms with van der Waals surface area (Å²) in [5.74, 6) is -4.01. The van der Waals surface area contributed by atoms with Crippen molar-refractivity contribution in [2.24, 2.45) is 5.41 Å². The Morgan fingerprint density at radius 2 is 1.71 bits per heavy atom. The number of halogens is 5. The number of thiocarbonyl (C=S) groups is 1. The molecule has 0 saturated carbocycles. The molecule has 2 aliphatic heterocycles. The predicted octanol–water partition coefficient (Wildman–Crippen LogP) is 5.94. The van der Waals surface area contributed by atoms with E-state index in [9.17, 15) is 22.4 Å². The summed E-state index contributed by atoms with van der Waals surface area (Å²) in [6.07, 6.45) is -3.36. The maximum absolute atomic E-state index is 15.2. The van der Waals surface area contributed by atoms with Gasteiger partial charge in [0.1, 0.15) is 11.4 Å². The van der Waals surface area contributed by atoms with Crippen LogP contribution in [-0.4, -0.2) is 63.0 Å². The van der Waals surface area contributed by atoms with Crippen molar-refractivity contribution in [3.8, 4) is 11.5 Å². The molecule has 3 aromatic rings. The highest BCUT2D eigenvalue weighted by Crippen LogP contribution is 2.41. The molecule has 1 aromatic heterocycles. The highest BCUT2D eigenvalue weighted by Gasteiger charge is 2.55. The number of nitrogens with zero attached hydrogens (tertiary/aromatic N) is 5. The van der Waals surface area contributed by atoms with Gasteiger partial charge in [-0.2, -0.15) is 8.78 Å². The Kier molecular flexibility index (Phi) is 7.38. The van der Waals surface area contributed by atoms with Crippen molar-refractivity contribution < 1.29 is 35.9 Å². The molecule has 2 saturated heterocycles. The zero-order chi connectivity index (χ0) is 29.7. The van der Waals surface area contributed by atoms with Crippen molar-refractivity contribution in [3.63, 3.8) is 0 Å². The molecule has 0 radical (unpaired) electrons. The number of alkyl halides is 2. The molecular weight excluding hydrogens is 569 g/mol. The zero-order valence-electron chi connectivity index (χ0n) is 22.3. The fourth-order valence-electron chi connectivity index (χ4n) is 4.83. The molecule has 2 aliphatic rings. The van der Waals surface area contributed by atoms with Crippen LogP contribution >= 0.6 is 12.2 Å². The van der Waals surface area contributed by atoms with E-state index in [1.54, 1.807) is 25.7 Å². The van der Waals surface area contributed by atoms with Crippen LogP contribution < -0.4 is 4.90 Å². The van der Waals surface area contributed by atoms with Gasteiger partial charge in [-0.05, 0) is 57.3 Å². The van der Waals surface area contributed by atoms with Crippen LogP contribution in [0, 0.1) is 22.9 Å². The van der Waals surface area contributed by atoms with E-state index in [1.807, 2.05) is 4.90 Å². The van der Waals surface area contributed by atoms with E-state index >= 15 is 4.39 Å². The lowest BCUT2D eigenvalue weighted by Crippen LogP contribution is -2.74. The second kappa shape index (κ2) is 10.5. The van der Waals surface area contributed by atoms with Gasteiger partial charge in [0.25, 0.3) is 5.89 Å². The number of aromatic nitrogens is 2. The number of amides is 1. The summed E-state index contributed by atoms with van der Waals surface area (Å²) in [7, 11) is 0. The molecule has 5 rings (SSSR count). The lowest BCUT2D eigenvalue weighted by atomic mass is 9.73. The lowest BCUT2D eigenvalue weighted by Gasteiger charge is -2.61. The van der Waals surface area contributed by atoms with Crippen LogP contribution in [0.3, 0.4) is 0 Å². The van der Waals surface area contributed by atoms with Gasteiger partial charge in [-0.15, -0.1) is 10.2 Å². The van der Waals surface area contributed by atoms with E-state index in [1.165, 1.54) is 23.1 Å². The molecule has 0 bridgehead atoms. The minimum Gasteiger partial charge on any atom is -0.444 e. The summed E-state index contributed by atoms with van der Waals surface area (Å²) < 4.78 is 79.0. The minimum absolute atomic E-state index is 0.0943. The fraction of sp³-hybridized carbons (Fsp3) is 0.407. The van der Waals surface area contributed by atoms with Gasteiger partial charge in [-0.3, -0.25) is 0 Å². The minimum atomic E-state index is -2.97. The molecule has 1 spiro atoms. The maximum atomic E-state index is 15.2. The lowest BCUT2D eigenvalue weighted by molar-refractivity contribution is -0.0884. The molecule has 14 heteroatoms. The van der Waals surface area contributed by atoms with Crippen molar-refractivity contribution >= 4 is 29.1 Å². The SMILES string of the molecule is CC(C)(C)OC(=O)N1CC2(C1)CN(C(=S)N(Cc1ccc(-c3nnc(C(F)F)o3)cc1F)c1ccc(F)c(F)c1)C2. The van der Waals surface area contributed by atoms with Gasteiger partial charge >= 0.3 is 12.5 Å². The average molecular weight is 596 g/mol. The third-order valence-corrected chi connectivity index (χ3v) is 7.21. The van der Waals surface area contributed by atoms with Crippen molar-refractivity contribution in [2.45, 2.75) is 39.3 Å². The summed E-state index contributed by atoms with van der Waals surface area (Å²) in [4.78, 5) is 17.3. The van der Waals surface area contributed by atoms with Gasteiger partial charge in [0.05, 0.1) is 6.54 Å². The molecule has 2 fully saturated rings. The van der Waals surface area contributed by atoms with Gasteiger partial charge in [0.15, 0.2) is 16.7 Å². The number of rotatable bonds is 5. The molecule has 0 aliphatic carbocycles. The van der Waals surface area contributed by atoms with Crippen LogP contribution in [0.1, 0.15) is 38.7 Å². The molecule has 1 amide bonds. The Labute approximate surface area is 237 Å². The van der Waals surface area contributed by atoms with E-state index in [2.05, 4.69) is 10.2 Å². The van der Waals surface area contributed by atoms with Crippen LogP contribution in [-0.2, 0) is 11.3 Å². The molecule has 2 aromatic carbocycles. The zero-order valence-corrected chi connectivity index (χ0v) is 23.2. The summed E-state index contributed by atoms with van der Waals surface area (Å²) in [5, 5.41) is 7.03. The summed E-state index contributed by atoms with van der Waals surface area (Å²) >= 11 is 5.71. The summed E-state index contributed by atoms with van der Waals surface area (Å²) in [6, 6.07) is 7.15. The highest BCUT2D eigenvalue weighted by atomic mass is 32.1. The van der Waals surface area contributed by atoms with Gasteiger partial charge < -0.3 is 23.9 Å². The number of benzene rings is 2. The van der Waals surface area contributed by atoms with Crippen LogP contribution in [0.15, 0.2) is 40.8 Å². The van der Waals surface area contributed by atoms with E-state index in [4.69, 9.17) is 21.4 Å². The van der Waals surface area contributed by atoms with Crippen molar-refractivity contribution in [3.05, 3.63) is 65.3 Å². The van der Waals surface area contributed by atoms with Gasteiger partial charge in [0.2, 0.25) is 5.89 Å². The summed E-state index contributed by atoms with van der Waals surface area (Å²) in [5.41, 5.74) is -0.331. The fourth-order valence-corrected chi connectivity index (χ4v) is 5.13. The number of anilines is 1. The molecule has 0 N–H and O–H groups in total. The van der Waals surface area contributed by atoms with Gasteiger partial charge in [-0.1, -0.05) is 6.07 Å². The molecule has 0 atom stereocenters. The van der Waals surface area contributed by atoms with Gasteiger partial charge in [0, 0.05) is 54.5 Å². The third kappa shape index (κ3) is 5.97. The van der Waals surface area contributed by atoms with E-state index in [0.29, 0.717) is 26.2 Å². The first-order valence-electron chi connectivity index (χ1n) is 12.6. The Morgan fingerprint density at radius 1 is 1.02 bits per heavy atom. The third-order valence-electron chi connectivity index (χ3n) is 6.73. The average Bonchev–Trinajstić information content (AvgIpc) is 3.33. The normalized spacial score (nSPS) is 16.0. The largest absolute Gasteiger partial charge is 0.444 e. The van der Waals surface area contributed by atoms with Crippen molar-refractivity contribution in [1.82, 2.24) is 20.0 Å². The second-order valence-electron chi connectivity index (χ2n) is 11.2. The second-order valence-corrected chi connectivity index (χ2v) is 11.6. The first-order valence-corrected chi connectivity index (χ1v) is 13.0. The standard InChI is InChI=1S/C27H26F5N5O3S/c1-26(2,3)40-25(38)36-13-27(14-36)11-35(12-27)24(41)37(17-6-7-18(28)20(30)9-17)10-16-5-4-15(8-19(16)29)22-33-34-23(39-22)21(31)32/h4-9,21H,10-14H2,1-3H3. The topological polar surface area (TPSA) is 74.9 Å². The molecule has 218 valence electrons. The Hall–Kier alpha value is -3.81. The van der Waals surface area contributed by atoms with E-state index in [-0.39, 0.29) is 39.8 Å². The monoisotopic (exact) mass is 595 g/mol. The number of likely N-dealkylation sites (tertiary alicyclic amines) is 2. The van der Waals surface area contributed by atoms with E-state index < -0.39 is 41.5 Å². The molecule has 41 heavy (non-hydrogen) atoms. The summed E-state index contributed by atoms with van der Waals surface area (Å²) in [6.45, 7) is 7.24. The Morgan fingerprint density at radius 3 is 2.29 bits per heavy atom. The first kappa shape index (κ1) is 28.7. The maximum Gasteiger partial charge on any atom is 0.410 e. The number of ether oxygens (including phenoxy) is 1. The Bertz CT molecular complexity index is 1480. The number of hydrogen-bond donors (Lipinski definition) is 0. The first-order chi connectivity index (χ1) is 19.2. The van der Waals surface area contributed by atoms with Crippen LogP contribution in [0.4, 0.5) is 32.4 Å². The number of carbonyl (C=O) groups excluding carboxylic acids is 1.